The van der Waals surface area contributed by atoms with Crippen LogP contribution in [0.5, 0.6) is 0 Å². The number of carbonyl (C=O) groups is 1. The molecule has 2 aromatic rings. The number of nitrogens with one attached hydrogen (secondary N) is 2. The Morgan fingerprint density at radius 3 is 3.00 bits per heavy atom. The van der Waals surface area contributed by atoms with Gasteiger partial charge < -0.3 is 16.0 Å². The van der Waals surface area contributed by atoms with Crippen LogP contribution < -0.4 is 11.1 Å². The number of aromatic amines is 1. The predicted octanol–water partition coefficient (Wildman–Crippen LogP) is 0.457. The van der Waals surface area contributed by atoms with Crippen LogP contribution in [-0.4, -0.2) is 23.5 Å². The van der Waals surface area contributed by atoms with Crippen LogP contribution in [0.4, 0.5) is 0 Å². The molecule has 1 amide bonds. The Hall–Kier alpha value is -1.81. The molecular weight excluding hydrogens is 214 g/mol. The normalized spacial score (nSPS) is 12.6. The molecule has 0 saturated heterocycles. The zero-order chi connectivity index (χ0) is 12.3. The number of para-hydroxylation sites is 1. The lowest BCUT2D eigenvalue weighted by molar-refractivity contribution is -0.403. The molecule has 17 heavy (non-hydrogen) atoms. The molecule has 0 aliphatic heterocycles. The van der Waals surface area contributed by atoms with Gasteiger partial charge in [0.05, 0.1) is 0 Å². The van der Waals surface area contributed by atoms with E-state index in [1.807, 2.05) is 31.3 Å². The fourth-order valence-electron chi connectivity index (χ4n) is 1.98. The lowest BCUT2D eigenvalue weighted by Gasteiger charge is -2.07. The minimum Gasteiger partial charge on any atom is -0.361 e. The molecule has 0 aliphatic rings. The van der Waals surface area contributed by atoms with Gasteiger partial charge in [-0.2, -0.15) is 0 Å². The lowest BCUT2D eigenvalue weighted by atomic mass is 10.1. The summed E-state index contributed by atoms with van der Waals surface area (Å²) in [6, 6.07) is 7.85. The number of amides is 1. The second kappa shape index (κ2) is 5.01. The molecule has 0 radical (unpaired) electrons. The average molecular weight is 232 g/mol. The van der Waals surface area contributed by atoms with Gasteiger partial charge >= 0.3 is 0 Å². The largest absolute Gasteiger partial charge is 0.361 e. The second-order valence-electron chi connectivity index (χ2n) is 4.16. The van der Waals surface area contributed by atoms with Gasteiger partial charge in [-0.05, 0) is 18.6 Å². The zero-order valence-electron chi connectivity index (χ0n) is 9.99. The Kier molecular flexibility index (Phi) is 3.44. The van der Waals surface area contributed by atoms with E-state index in [0.717, 1.165) is 11.1 Å². The van der Waals surface area contributed by atoms with E-state index in [0.29, 0.717) is 13.0 Å². The third kappa shape index (κ3) is 2.47. The number of benzene rings is 1. The SMILES string of the molecule is CCNC(=O)[C@@H]([NH3+])Cc1c[nH]c2ccccc12. The molecule has 1 atom stereocenters. The van der Waals surface area contributed by atoms with E-state index in [4.69, 9.17) is 0 Å². The van der Waals surface area contributed by atoms with Crippen molar-refractivity contribution < 1.29 is 10.5 Å². The van der Waals surface area contributed by atoms with Crippen molar-refractivity contribution in [2.45, 2.75) is 19.4 Å². The van der Waals surface area contributed by atoms with Crippen molar-refractivity contribution in [2.75, 3.05) is 6.54 Å². The molecule has 0 unspecified atom stereocenters. The standard InChI is InChI=1S/C13H17N3O/c1-2-15-13(17)11(14)7-9-8-16-12-6-4-3-5-10(9)12/h3-6,8,11,16H,2,7,14H2,1H3,(H,15,17)/p+1/t11-/m0/s1. The van der Waals surface area contributed by atoms with Crippen LogP contribution in [0.3, 0.4) is 0 Å². The lowest BCUT2D eigenvalue weighted by Crippen LogP contribution is -2.68. The number of hydrogen-bond donors (Lipinski definition) is 3. The van der Waals surface area contributed by atoms with E-state index < -0.39 is 0 Å². The highest BCUT2D eigenvalue weighted by atomic mass is 16.2. The summed E-state index contributed by atoms with van der Waals surface area (Å²) in [5, 5.41) is 3.97. The van der Waals surface area contributed by atoms with Gasteiger partial charge in [0.2, 0.25) is 0 Å². The van der Waals surface area contributed by atoms with Crippen LogP contribution in [0.15, 0.2) is 30.5 Å². The molecule has 2 rings (SSSR count). The van der Waals surface area contributed by atoms with Gasteiger partial charge in [0.1, 0.15) is 0 Å². The summed E-state index contributed by atoms with van der Waals surface area (Å²) in [4.78, 5) is 14.8. The molecule has 1 aromatic heterocycles. The second-order valence-corrected chi connectivity index (χ2v) is 4.16. The topological polar surface area (TPSA) is 72.5 Å². The number of aromatic nitrogens is 1. The maximum absolute atomic E-state index is 11.6. The molecule has 1 aromatic carbocycles. The minimum absolute atomic E-state index is 0.0118. The highest BCUT2D eigenvalue weighted by molar-refractivity contribution is 5.85. The van der Waals surface area contributed by atoms with Crippen LogP contribution in [0.1, 0.15) is 12.5 Å². The molecule has 4 heteroatoms. The van der Waals surface area contributed by atoms with Gasteiger partial charge in [0.25, 0.3) is 5.91 Å². The Balaban J connectivity index is 2.16. The van der Waals surface area contributed by atoms with Crippen LogP contribution in [0.25, 0.3) is 10.9 Å². The van der Waals surface area contributed by atoms with E-state index in [9.17, 15) is 4.79 Å². The van der Waals surface area contributed by atoms with Gasteiger partial charge in [0, 0.05) is 30.1 Å². The number of hydrogen-bond acceptors (Lipinski definition) is 1. The van der Waals surface area contributed by atoms with Gasteiger partial charge in [-0.25, -0.2) is 0 Å². The van der Waals surface area contributed by atoms with E-state index in [2.05, 4.69) is 22.1 Å². The molecule has 0 fully saturated rings. The van der Waals surface area contributed by atoms with Crippen molar-refractivity contribution >= 4 is 16.8 Å². The predicted molar refractivity (Wildman–Crippen MR) is 67.4 cm³/mol. The third-order valence-corrected chi connectivity index (χ3v) is 2.86. The van der Waals surface area contributed by atoms with Crippen molar-refractivity contribution in [3.63, 3.8) is 0 Å². The van der Waals surface area contributed by atoms with Crippen LogP contribution in [0, 0.1) is 0 Å². The number of likely N-dealkylation sites (N-methyl/N-ethyl adjacent to an activating group) is 1. The Bertz CT molecular complexity index is 518. The maximum atomic E-state index is 11.6. The monoisotopic (exact) mass is 232 g/mol. The quantitative estimate of drug-likeness (QED) is 0.704. The highest BCUT2D eigenvalue weighted by Gasteiger charge is 2.18. The van der Waals surface area contributed by atoms with Crippen LogP contribution >= 0.6 is 0 Å². The summed E-state index contributed by atoms with van der Waals surface area (Å²) in [5.74, 6) is 0.0118. The molecule has 4 nitrogen and oxygen atoms in total. The molecule has 0 bridgehead atoms. The highest BCUT2D eigenvalue weighted by Crippen LogP contribution is 2.18. The van der Waals surface area contributed by atoms with Crippen LogP contribution in [-0.2, 0) is 11.2 Å². The smallest absolute Gasteiger partial charge is 0.278 e. The first-order valence-electron chi connectivity index (χ1n) is 5.88. The van der Waals surface area contributed by atoms with Crippen LogP contribution in [0.2, 0.25) is 0 Å². The molecule has 5 N–H and O–H groups in total. The molecular formula is C13H18N3O+. The van der Waals surface area contributed by atoms with E-state index in [1.165, 1.54) is 5.39 Å². The van der Waals surface area contributed by atoms with Crippen molar-refractivity contribution in [3.05, 3.63) is 36.0 Å². The summed E-state index contributed by atoms with van der Waals surface area (Å²) in [6.45, 7) is 2.56. The Morgan fingerprint density at radius 2 is 2.24 bits per heavy atom. The molecule has 0 aliphatic carbocycles. The Labute approximate surface area is 100 Å². The fraction of sp³-hybridized carbons (Fsp3) is 0.308. The number of fused-ring (bicyclic) bond motifs is 1. The molecule has 0 spiro atoms. The first-order valence-corrected chi connectivity index (χ1v) is 5.88. The summed E-state index contributed by atoms with van der Waals surface area (Å²) >= 11 is 0. The number of rotatable bonds is 4. The van der Waals surface area contributed by atoms with Gasteiger partial charge in [0.15, 0.2) is 6.04 Å². The molecule has 90 valence electrons. The van der Waals surface area contributed by atoms with Gasteiger partial charge in [-0.3, -0.25) is 4.79 Å². The zero-order valence-corrected chi connectivity index (χ0v) is 9.99. The van der Waals surface area contributed by atoms with E-state index in [-0.39, 0.29) is 11.9 Å². The first kappa shape index (κ1) is 11.7. The molecule has 0 saturated carbocycles. The number of H-pyrrole nitrogens is 1. The molecule has 1 heterocycles. The van der Waals surface area contributed by atoms with Crippen molar-refractivity contribution in [2.24, 2.45) is 0 Å². The third-order valence-electron chi connectivity index (χ3n) is 2.86. The number of carbonyl (C=O) groups excluding carboxylic acids is 1. The van der Waals surface area contributed by atoms with E-state index in [1.54, 1.807) is 0 Å². The van der Waals surface area contributed by atoms with E-state index >= 15 is 0 Å². The summed E-state index contributed by atoms with van der Waals surface area (Å²) < 4.78 is 0. The van der Waals surface area contributed by atoms with Crippen molar-refractivity contribution in [1.82, 2.24) is 10.3 Å². The number of quaternary nitrogens is 1. The van der Waals surface area contributed by atoms with Crippen molar-refractivity contribution in [1.29, 1.82) is 0 Å². The average Bonchev–Trinajstić information content (AvgIpc) is 2.73. The first-order chi connectivity index (χ1) is 8.22. The van der Waals surface area contributed by atoms with Crippen molar-refractivity contribution in [3.8, 4) is 0 Å². The Morgan fingerprint density at radius 1 is 1.47 bits per heavy atom. The minimum atomic E-state index is -0.242. The van der Waals surface area contributed by atoms with Gasteiger partial charge in [-0.1, -0.05) is 18.2 Å². The van der Waals surface area contributed by atoms with Gasteiger partial charge in [-0.15, -0.1) is 0 Å². The maximum Gasteiger partial charge on any atom is 0.278 e. The fourth-order valence-corrected chi connectivity index (χ4v) is 1.98. The summed E-state index contributed by atoms with van der Waals surface area (Å²) in [7, 11) is 0. The summed E-state index contributed by atoms with van der Waals surface area (Å²) in [5.41, 5.74) is 6.16. The summed E-state index contributed by atoms with van der Waals surface area (Å²) in [6.07, 6.45) is 2.62.